The van der Waals surface area contributed by atoms with Crippen LogP contribution in [0.15, 0.2) is 77.3 Å². The van der Waals surface area contributed by atoms with Crippen LogP contribution < -0.4 is 4.74 Å². The molecule has 1 aromatic heterocycles. The van der Waals surface area contributed by atoms with Gasteiger partial charge < -0.3 is 4.74 Å². The summed E-state index contributed by atoms with van der Waals surface area (Å²) in [4.78, 5) is 17.9. The summed E-state index contributed by atoms with van der Waals surface area (Å²) >= 11 is 3.39. The van der Waals surface area contributed by atoms with Crippen LogP contribution in [0.2, 0.25) is 0 Å². The Morgan fingerprint density at radius 2 is 1.64 bits per heavy atom. The molecule has 3 aromatic carbocycles. The van der Waals surface area contributed by atoms with Crippen molar-refractivity contribution in [2.24, 2.45) is 0 Å². The van der Waals surface area contributed by atoms with Gasteiger partial charge in [-0.1, -0.05) is 57.9 Å². The van der Waals surface area contributed by atoms with Crippen molar-refractivity contribution in [1.29, 1.82) is 0 Å². The quantitative estimate of drug-likeness (QED) is 0.274. The van der Waals surface area contributed by atoms with Crippen LogP contribution in [-0.4, -0.2) is 11.0 Å². The molecular weight excluding hydrogens is 414 g/mol. The van der Waals surface area contributed by atoms with Crippen LogP contribution >= 0.6 is 15.9 Å². The predicted octanol–water partition coefficient (Wildman–Crippen LogP) is 6.50. The number of aryl methyl sites for hydroxylation is 2. The lowest BCUT2D eigenvalue weighted by molar-refractivity contribution is 0.0737. The Morgan fingerprint density at radius 1 is 0.929 bits per heavy atom. The van der Waals surface area contributed by atoms with Gasteiger partial charge >= 0.3 is 5.97 Å². The standard InChI is InChI=1S/C24H18BrNO2/c1-15-12-16(2)23-20(13-15)21(14-22(26-23)17-6-4-3-5-7-17)24(27)28-19-10-8-18(25)9-11-19/h3-14H,1-2H3. The second-order valence-electron chi connectivity index (χ2n) is 6.74. The third-order valence-corrected chi connectivity index (χ3v) is 5.09. The van der Waals surface area contributed by atoms with Gasteiger partial charge in [-0.3, -0.25) is 0 Å². The number of rotatable bonds is 3. The molecule has 0 aliphatic rings. The summed E-state index contributed by atoms with van der Waals surface area (Å²) in [5, 5.41) is 0.805. The maximum Gasteiger partial charge on any atom is 0.344 e. The van der Waals surface area contributed by atoms with E-state index in [1.54, 1.807) is 12.1 Å². The molecule has 0 radical (unpaired) electrons. The van der Waals surface area contributed by atoms with E-state index in [2.05, 4.69) is 22.0 Å². The molecule has 3 nitrogen and oxygen atoms in total. The topological polar surface area (TPSA) is 39.2 Å². The fraction of sp³-hybridized carbons (Fsp3) is 0.0833. The molecule has 4 aromatic rings. The van der Waals surface area contributed by atoms with Crippen LogP contribution in [0.5, 0.6) is 5.75 Å². The molecule has 0 N–H and O–H groups in total. The SMILES string of the molecule is Cc1cc(C)c2nc(-c3ccccc3)cc(C(=O)Oc3ccc(Br)cc3)c2c1. The zero-order valence-corrected chi connectivity index (χ0v) is 17.2. The van der Waals surface area contributed by atoms with Crippen molar-refractivity contribution in [2.45, 2.75) is 13.8 Å². The highest BCUT2D eigenvalue weighted by Crippen LogP contribution is 2.29. The Bertz CT molecular complexity index is 1170. The molecule has 0 aliphatic heterocycles. The number of nitrogens with zero attached hydrogens (tertiary/aromatic N) is 1. The van der Waals surface area contributed by atoms with Gasteiger partial charge in [-0.2, -0.15) is 0 Å². The lowest BCUT2D eigenvalue weighted by atomic mass is 10.00. The Hall–Kier alpha value is -2.98. The average molecular weight is 432 g/mol. The van der Waals surface area contributed by atoms with Crippen molar-refractivity contribution in [2.75, 3.05) is 0 Å². The van der Waals surface area contributed by atoms with Crippen LogP contribution in [-0.2, 0) is 0 Å². The van der Waals surface area contributed by atoms with E-state index in [9.17, 15) is 4.79 Å². The predicted molar refractivity (Wildman–Crippen MR) is 116 cm³/mol. The number of pyridine rings is 1. The molecule has 0 aliphatic carbocycles. The Labute approximate surface area is 172 Å². The van der Waals surface area contributed by atoms with Gasteiger partial charge in [0.1, 0.15) is 5.75 Å². The summed E-state index contributed by atoms with van der Waals surface area (Å²) in [5.41, 5.74) is 5.15. The number of ether oxygens (including phenoxy) is 1. The number of benzene rings is 3. The van der Waals surface area contributed by atoms with Crippen molar-refractivity contribution < 1.29 is 9.53 Å². The number of hydrogen-bond donors (Lipinski definition) is 0. The van der Waals surface area contributed by atoms with E-state index in [1.165, 1.54) is 0 Å². The van der Waals surface area contributed by atoms with Crippen LogP contribution in [0, 0.1) is 13.8 Å². The van der Waals surface area contributed by atoms with Gasteiger partial charge in [0, 0.05) is 15.4 Å². The highest BCUT2D eigenvalue weighted by Gasteiger charge is 2.17. The summed E-state index contributed by atoms with van der Waals surface area (Å²) < 4.78 is 6.58. The summed E-state index contributed by atoms with van der Waals surface area (Å²) in [6.07, 6.45) is 0. The average Bonchev–Trinajstić information content (AvgIpc) is 2.69. The Balaban J connectivity index is 1.87. The number of hydrogen-bond acceptors (Lipinski definition) is 3. The smallest absolute Gasteiger partial charge is 0.344 e. The second-order valence-corrected chi connectivity index (χ2v) is 7.66. The van der Waals surface area contributed by atoms with Crippen molar-refractivity contribution >= 4 is 32.8 Å². The molecule has 28 heavy (non-hydrogen) atoms. The highest BCUT2D eigenvalue weighted by atomic mass is 79.9. The molecule has 0 atom stereocenters. The van der Waals surface area contributed by atoms with E-state index in [0.717, 1.165) is 37.8 Å². The number of carbonyl (C=O) groups excluding carboxylic acids is 1. The first-order valence-electron chi connectivity index (χ1n) is 8.96. The number of aromatic nitrogens is 1. The Morgan fingerprint density at radius 3 is 2.36 bits per heavy atom. The zero-order chi connectivity index (χ0) is 19.7. The fourth-order valence-corrected chi connectivity index (χ4v) is 3.54. The lowest BCUT2D eigenvalue weighted by Crippen LogP contribution is -2.10. The maximum absolute atomic E-state index is 13.1. The van der Waals surface area contributed by atoms with Gasteiger partial charge in [0.2, 0.25) is 0 Å². The molecule has 0 spiro atoms. The van der Waals surface area contributed by atoms with E-state index in [1.807, 2.05) is 68.4 Å². The summed E-state index contributed by atoms with van der Waals surface area (Å²) in [6.45, 7) is 4.03. The van der Waals surface area contributed by atoms with Crippen molar-refractivity contribution in [1.82, 2.24) is 4.98 Å². The molecule has 0 fully saturated rings. The van der Waals surface area contributed by atoms with Gasteiger partial charge in [-0.15, -0.1) is 0 Å². The first kappa shape index (κ1) is 18.4. The molecule has 4 heteroatoms. The van der Waals surface area contributed by atoms with Crippen LogP contribution in [0.4, 0.5) is 0 Å². The third kappa shape index (κ3) is 3.69. The first-order chi connectivity index (χ1) is 13.5. The third-order valence-electron chi connectivity index (χ3n) is 4.56. The zero-order valence-electron chi connectivity index (χ0n) is 15.6. The van der Waals surface area contributed by atoms with E-state index >= 15 is 0 Å². The summed E-state index contributed by atoms with van der Waals surface area (Å²) in [5.74, 6) is 0.112. The van der Waals surface area contributed by atoms with Gasteiger partial charge in [0.25, 0.3) is 0 Å². The monoisotopic (exact) mass is 431 g/mol. The fourth-order valence-electron chi connectivity index (χ4n) is 3.27. The van der Waals surface area contributed by atoms with Crippen LogP contribution in [0.25, 0.3) is 22.2 Å². The van der Waals surface area contributed by atoms with E-state index in [0.29, 0.717) is 11.3 Å². The molecule has 0 saturated carbocycles. The van der Waals surface area contributed by atoms with Crippen molar-refractivity contribution in [3.63, 3.8) is 0 Å². The minimum atomic E-state index is -0.392. The van der Waals surface area contributed by atoms with Gasteiger partial charge in [-0.25, -0.2) is 9.78 Å². The number of fused-ring (bicyclic) bond motifs is 1. The molecule has 4 rings (SSSR count). The van der Waals surface area contributed by atoms with E-state index in [-0.39, 0.29) is 0 Å². The number of esters is 1. The van der Waals surface area contributed by atoms with Gasteiger partial charge in [0.05, 0.1) is 16.8 Å². The maximum atomic E-state index is 13.1. The highest BCUT2D eigenvalue weighted by molar-refractivity contribution is 9.10. The molecule has 1 heterocycles. The summed E-state index contributed by atoms with van der Waals surface area (Å²) in [6, 6.07) is 23.0. The largest absolute Gasteiger partial charge is 0.423 e. The number of carbonyl (C=O) groups is 1. The van der Waals surface area contributed by atoms with Crippen molar-refractivity contribution in [3.05, 3.63) is 94.0 Å². The minimum absolute atomic E-state index is 0.392. The van der Waals surface area contributed by atoms with Gasteiger partial charge in [0.15, 0.2) is 0 Å². The van der Waals surface area contributed by atoms with Crippen molar-refractivity contribution in [3.8, 4) is 17.0 Å². The van der Waals surface area contributed by atoms with Gasteiger partial charge in [-0.05, 0) is 55.8 Å². The lowest BCUT2D eigenvalue weighted by Gasteiger charge is -2.12. The molecular formula is C24H18BrNO2. The molecule has 0 unspecified atom stereocenters. The normalized spacial score (nSPS) is 10.8. The Kier molecular flexibility index (Phi) is 4.97. The molecule has 0 amide bonds. The van der Waals surface area contributed by atoms with E-state index < -0.39 is 5.97 Å². The second kappa shape index (κ2) is 7.56. The van der Waals surface area contributed by atoms with Crippen LogP contribution in [0.3, 0.4) is 0 Å². The first-order valence-corrected chi connectivity index (χ1v) is 9.76. The van der Waals surface area contributed by atoms with Crippen LogP contribution in [0.1, 0.15) is 21.5 Å². The minimum Gasteiger partial charge on any atom is -0.423 e. The molecule has 138 valence electrons. The molecule has 0 bridgehead atoms. The van der Waals surface area contributed by atoms with E-state index in [4.69, 9.17) is 9.72 Å². The summed E-state index contributed by atoms with van der Waals surface area (Å²) in [7, 11) is 0. The number of halogens is 1. The molecule has 0 saturated heterocycles.